The molecule has 132 valence electrons. The first-order valence-electron chi connectivity index (χ1n) is 8.52. The van der Waals surface area contributed by atoms with Gasteiger partial charge in [-0.05, 0) is 37.1 Å². The summed E-state index contributed by atoms with van der Waals surface area (Å²) in [7, 11) is 3.23. The average molecular weight is 360 g/mol. The zero-order valence-corrected chi connectivity index (χ0v) is 15.4. The van der Waals surface area contributed by atoms with E-state index in [4.69, 9.17) is 25.8 Å². The molecule has 0 radical (unpaired) electrons. The van der Waals surface area contributed by atoms with Gasteiger partial charge in [-0.1, -0.05) is 29.3 Å². The van der Waals surface area contributed by atoms with E-state index >= 15 is 0 Å². The molecular weight excluding hydrogens is 338 g/mol. The van der Waals surface area contributed by atoms with Crippen molar-refractivity contribution in [3.05, 3.63) is 52.0 Å². The van der Waals surface area contributed by atoms with Crippen molar-refractivity contribution in [2.45, 2.75) is 25.5 Å². The second-order valence-electron chi connectivity index (χ2n) is 6.69. The van der Waals surface area contributed by atoms with Gasteiger partial charge in [0.15, 0.2) is 11.5 Å². The lowest BCUT2D eigenvalue weighted by atomic mass is 9.80. The molecule has 0 bridgehead atoms. The topological polar surface area (TPSA) is 39.7 Å². The van der Waals surface area contributed by atoms with Gasteiger partial charge in [0.2, 0.25) is 0 Å². The van der Waals surface area contributed by atoms with Crippen molar-refractivity contribution in [2.24, 2.45) is 5.92 Å². The highest BCUT2D eigenvalue weighted by Gasteiger charge is 2.41. The highest BCUT2D eigenvalue weighted by Crippen LogP contribution is 2.51. The Morgan fingerprint density at radius 1 is 1.16 bits per heavy atom. The van der Waals surface area contributed by atoms with Crippen molar-refractivity contribution in [3.8, 4) is 11.5 Å². The van der Waals surface area contributed by atoms with E-state index in [0.29, 0.717) is 22.4 Å². The molecule has 2 heterocycles. The summed E-state index contributed by atoms with van der Waals surface area (Å²) in [4.78, 5) is 0. The van der Waals surface area contributed by atoms with Crippen molar-refractivity contribution < 1.29 is 14.2 Å². The number of hydrogen-bond acceptors (Lipinski definition) is 4. The summed E-state index contributed by atoms with van der Waals surface area (Å²) in [6.07, 6.45) is 1.13. The van der Waals surface area contributed by atoms with Gasteiger partial charge in [-0.15, -0.1) is 0 Å². The van der Waals surface area contributed by atoms with Crippen LogP contribution in [-0.2, 0) is 4.74 Å². The number of nitrogens with one attached hydrogen (secondary N) is 1. The Labute approximate surface area is 153 Å². The maximum Gasteiger partial charge on any atom is 0.179 e. The van der Waals surface area contributed by atoms with Crippen LogP contribution >= 0.6 is 11.6 Å². The summed E-state index contributed by atoms with van der Waals surface area (Å²) in [5.41, 5.74) is 4.73. The van der Waals surface area contributed by atoms with E-state index in [0.717, 1.165) is 24.3 Å². The standard InChI is InChI=1S/C20H22ClNO3/c1-11-4-5-16-14(8-11)19-13(6-7-25-19)18(22-16)12-9-15(21)20(24-3)17(10-12)23-2/h4-5,8-10,13,18-19,22H,6-7H2,1-3H3/t13-,18?,19-/m0/s1. The van der Waals surface area contributed by atoms with Gasteiger partial charge >= 0.3 is 0 Å². The van der Waals surface area contributed by atoms with Crippen LogP contribution in [0.3, 0.4) is 0 Å². The summed E-state index contributed by atoms with van der Waals surface area (Å²) in [6.45, 7) is 2.90. The van der Waals surface area contributed by atoms with Crippen LogP contribution < -0.4 is 14.8 Å². The van der Waals surface area contributed by atoms with Crippen molar-refractivity contribution >= 4 is 17.3 Å². The number of fused-ring (bicyclic) bond motifs is 3. The summed E-state index contributed by atoms with van der Waals surface area (Å²) in [5, 5.41) is 4.25. The third kappa shape index (κ3) is 2.74. The normalized spacial score (nSPS) is 24.2. The first kappa shape index (κ1) is 16.6. The fraction of sp³-hybridized carbons (Fsp3) is 0.400. The van der Waals surface area contributed by atoms with E-state index in [1.807, 2.05) is 12.1 Å². The predicted molar refractivity (Wildman–Crippen MR) is 98.9 cm³/mol. The molecule has 2 aliphatic rings. The number of hydrogen-bond donors (Lipinski definition) is 1. The van der Waals surface area contributed by atoms with Gasteiger partial charge in [0.25, 0.3) is 0 Å². The molecule has 2 aromatic rings. The van der Waals surface area contributed by atoms with Gasteiger partial charge in [-0.3, -0.25) is 0 Å². The van der Waals surface area contributed by atoms with Gasteiger partial charge in [0.05, 0.1) is 31.4 Å². The van der Waals surface area contributed by atoms with Crippen LogP contribution in [0.2, 0.25) is 5.02 Å². The second kappa shape index (κ2) is 6.43. The smallest absolute Gasteiger partial charge is 0.179 e. The minimum atomic E-state index is 0.119. The molecule has 1 unspecified atom stereocenters. The SMILES string of the molecule is COc1cc(C2Nc3ccc(C)cc3[C@H]3OCC[C@@H]23)cc(Cl)c1OC. The minimum Gasteiger partial charge on any atom is -0.493 e. The molecule has 0 spiro atoms. The Bertz CT molecular complexity index is 808. The van der Waals surface area contributed by atoms with Crippen LogP contribution in [-0.4, -0.2) is 20.8 Å². The van der Waals surface area contributed by atoms with E-state index in [1.54, 1.807) is 14.2 Å². The van der Waals surface area contributed by atoms with Crippen LogP contribution in [0.4, 0.5) is 5.69 Å². The van der Waals surface area contributed by atoms with Gasteiger partial charge in [-0.25, -0.2) is 0 Å². The van der Waals surface area contributed by atoms with Gasteiger partial charge in [-0.2, -0.15) is 0 Å². The molecule has 25 heavy (non-hydrogen) atoms. The largest absolute Gasteiger partial charge is 0.493 e. The summed E-state index contributed by atoms with van der Waals surface area (Å²) >= 11 is 6.43. The highest BCUT2D eigenvalue weighted by atomic mass is 35.5. The quantitative estimate of drug-likeness (QED) is 0.845. The van der Waals surface area contributed by atoms with Crippen LogP contribution in [0, 0.1) is 12.8 Å². The molecule has 1 N–H and O–H groups in total. The summed E-state index contributed by atoms with van der Waals surface area (Å²) < 4.78 is 16.9. The van der Waals surface area contributed by atoms with Crippen molar-refractivity contribution in [1.29, 1.82) is 0 Å². The average Bonchev–Trinajstić information content (AvgIpc) is 3.10. The number of halogens is 1. The molecule has 4 nitrogen and oxygen atoms in total. The van der Waals surface area contributed by atoms with E-state index in [1.165, 1.54) is 11.1 Å². The summed E-state index contributed by atoms with van der Waals surface area (Å²) in [5.74, 6) is 1.58. The van der Waals surface area contributed by atoms with Crippen LogP contribution in [0.25, 0.3) is 0 Å². The fourth-order valence-electron chi connectivity index (χ4n) is 4.04. The number of aryl methyl sites for hydroxylation is 1. The molecule has 1 fully saturated rings. The monoisotopic (exact) mass is 359 g/mol. The lowest BCUT2D eigenvalue weighted by Gasteiger charge is -2.37. The Kier molecular flexibility index (Phi) is 4.26. The molecule has 0 aliphatic carbocycles. The van der Waals surface area contributed by atoms with Gasteiger partial charge in [0, 0.05) is 23.8 Å². The molecule has 0 aromatic heterocycles. The van der Waals surface area contributed by atoms with Crippen molar-refractivity contribution in [1.82, 2.24) is 0 Å². The molecule has 3 atom stereocenters. The zero-order chi connectivity index (χ0) is 17.6. The molecule has 4 rings (SSSR count). The van der Waals surface area contributed by atoms with E-state index < -0.39 is 0 Å². The molecule has 0 saturated carbocycles. The molecule has 0 amide bonds. The predicted octanol–water partition coefficient (Wildman–Crippen LogP) is 4.91. The van der Waals surface area contributed by atoms with Crippen LogP contribution in [0.5, 0.6) is 11.5 Å². The molecule has 5 heteroatoms. The molecule has 2 aliphatic heterocycles. The first-order chi connectivity index (χ1) is 12.1. The summed E-state index contributed by atoms with van der Waals surface area (Å²) in [6, 6.07) is 10.6. The second-order valence-corrected chi connectivity index (χ2v) is 7.10. The molecular formula is C20H22ClNO3. The van der Waals surface area contributed by atoms with Crippen LogP contribution in [0.1, 0.15) is 35.3 Å². The Balaban J connectivity index is 1.78. The number of benzene rings is 2. The molecule has 1 saturated heterocycles. The zero-order valence-electron chi connectivity index (χ0n) is 14.6. The van der Waals surface area contributed by atoms with E-state index in [2.05, 4.69) is 30.4 Å². The lowest BCUT2D eigenvalue weighted by Crippen LogP contribution is -2.29. The maximum atomic E-state index is 6.43. The number of anilines is 1. The fourth-order valence-corrected chi connectivity index (χ4v) is 4.34. The van der Waals surface area contributed by atoms with Gasteiger partial charge < -0.3 is 19.5 Å². The Morgan fingerprint density at radius 2 is 2.00 bits per heavy atom. The van der Waals surface area contributed by atoms with Gasteiger partial charge in [0.1, 0.15) is 0 Å². The third-order valence-electron chi connectivity index (χ3n) is 5.21. The van der Waals surface area contributed by atoms with Crippen molar-refractivity contribution in [3.63, 3.8) is 0 Å². The minimum absolute atomic E-state index is 0.119. The van der Waals surface area contributed by atoms with Crippen LogP contribution in [0.15, 0.2) is 30.3 Å². The van der Waals surface area contributed by atoms with Crippen molar-refractivity contribution in [2.75, 3.05) is 26.1 Å². The lowest BCUT2D eigenvalue weighted by molar-refractivity contribution is 0.0828. The maximum absolute atomic E-state index is 6.43. The third-order valence-corrected chi connectivity index (χ3v) is 5.49. The Morgan fingerprint density at radius 3 is 2.76 bits per heavy atom. The van der Waals surface area contributed by atoms with E-state index in [9.17, 15) is 0 Å². The highest BCUT2D eigenvalue weighted by molar-refractivity contribution is 6.32. The number of methoxy groups -OCH3 is 2. The molecule has 2 aromatic carbocycles. The Hall–Kier alpha value is -1.91. The first-order valence-corrected chi connectivity index (χ1v) is 8.90. The number of rotatable bonds is 3. The number of ether oxygens (including phenoxy) is 3. The van der Waals surface area contributed by atoms with E-state index in [-0.39, 0.29) is 12.1 Å².